The Morgan fingerprint density at radius 2 is 2.30 bits per heavy atom. The Labute approximate surface area is 58.8 Å². The van der Waals surface area contributed by atoms with Gasteiger partial charge in [-0.2, -0.15) is 0 Å². The van der Waals surface area contributed by atoms with E-state index >= 15 is 0 Å². The van der Waals surface area contributed by atoms with Crippen LogP contribution in [0.25, 0.3) is 0 Å². The molecule has 0 aromatic heterocycles. The van der Waals surface area contributed by atoms with Gasteiger partial charge in [-0.25, -0.2) is 4.79 Å². The van der Waals surface area contributed by atoms with Crippen molar-refractivity contribution in [3.63, 3.8) is 0 Å². The van der Waals surface area contributed by atoms with Gasteiger partial charge < -0.3 is 21.3 Å². The standard InChI is InChI=1S/C5H12N2O3/c1-3(4(8)2-6)7-5(9)10/h3-4,7-8H,2,6H2,1H3,(H,9,10)/t3-,4-/m0/s1. The van der Waals surface area contributed by atoms with Gasteiger partial charge in [-0.15, -0.1) is 0 Å². The minimum absolute atomic E-state index is 0.0570. The third kappa shape index (κ3) is 3.26. The van der Waals surface area contributed by atoms with Gasteiger partial charge in [0.05, 0.1) is 12.1 Å². The van der Waals surface area contributed by atoms with E-state index in [4.69, 9.17) is 15.9 Å². The Kier molecular flexibility index (Phi) is 3.75. The highest BCUT2D eigenvalue weighted by Gasteiger charge is 2.13. The first-order valence-electron chi connectivity index (χ1n) is 2.95. The number of carboxylic acid groups (broad SMARTS) is 1. The molecule has 0 fully saturated rings. The van der Waals surface area contributed by atoms with Gasteiger partial charge in [0, 0.05) is 6.54 Å². The lowest BCUT2D eigenvalue weighted by molar-refractivity contribution is 0.132. The predicted octanol–water partition coefficient (Wildman–Crippen LogP) is -1.04. The van der Waals surface area contributed by atoms with Crippen LogP contribution in [0.4, 0.5) is 4.79 Å². The quantitative estimate of drug-likeness (QED) is 0.411. The van der Waals surface area contributed by atoms with Crippen LogP contribution in [-0.2, 0) is 0 Å². The zero-order valence-corrected chi connectivity index (χ0v) is 5.74. The molecule has 0 saturated heterocycles. The minimum atomic E-state index is -1.15. The van der Waals surface area contributed by atoms with Crippen molar-refractivity contribution in [1.82, 2.24) is 5.32 Å². The van der Waals surface area contributed by atoms with Crippen molar-refractivity contribution in [2.45, 2.75) is 19.1 Å². The summed E-state index contributed by atoms with van der Waals surface area (Å²) in [6.07, 6.45) is -1.96. The molecule has 0 spiro atoms. The Morgan fingerprint density at radius 3 is 2.60 bits per heavy atom. The van der Waals surface area contributed by atoms with E-state index in [1.54, 1.807) is 6.92 Å². The molecule has 10 heavy (non-hydrogen) atoms. The summed E-state index contributed by atoms with van der Waals surface area (Å²) >= 11 is 0. The lowest BCUT2D eigenvalue weighted by Crippen LogP contribution is -2.43. The lowest BCUT2D eigenvalue weighted by atomic mass is 10.2. The molecule has 0 saturated carbocycles. The lowest BCUT2D eigenvalue weighted by Gasteiger charge is -2.15. The Balaban J connectivity index is 3.61. The van der Waals surface area contributed by atoms with E-state index in [0.29, 0.717) is 0 Å². The monoisotopic (exact) mass is 148 g/mol. The summed E-state index contributed by atoms with van der Waals surface area (Å²) in [6, 6.07) is -0.512. The van der Waals surface area contributed by atoms with Crippen LogP contribution >= 0.6 is 0 Å². The van der Waals surface area contributed by atoms with Crippen molar-refractivity contribution in [2.24, 2.45) is 5.73 Å². The number of carbonyl (C=O) groups is 1. The molecule has 0 aromatic carbocycles. The SMILES string of the molecule is C[C@H](NC(=O)O)[C@@H](O)CN. The molecule has 0 aliphatic rings. The molecule has 0 bridgehead atoms. The van der Waals surface area contributed by atoms with Gasteiger partial charge in [0.2, 0.25) is 0 Å². The average molecular weight is 148 g/mol. The van der Waals surface area contributed by atoms with Crippen LogP contribution < -0.4 is 11.1 Å². The predicted molar refractivity (Wildman–Crippen MR) is 35.7 cm³/mol. The highest BCUT2D eigenvalue weighted by atomic mass is 16.4. The molecule has 0 radical (unpaired) electrons. The van der Waals surface area contributed by atoms with Crippen molar-refractivity contribution in [2.75, 3.05) is 6.54 Å². The zero-order chi connectivity index (χ0) is 8.15. The molecule has 60 valence electrons. The van der Waals surface area contributed by atoms with E-state index in [-0.39, 0.29) is 6.54 Å². The summed E-state index contributed by atoms with van der Waals surface area (Å²) in [5.41, 5.74) is 5.07. The first-order chi connectivity index (χ1) is 4.57. The van der Waals surface area contributed by atoms with Crippen LogP contribution in [-0.4, -0.2) is 35.0 Å². The van der Waals surface area contributed by atoms with Gasteiger partial charge in [-0.1, -0.05) is 0 Å². The van der Waals surface area contributed by atoms with Crippen LogP contribution in [0.5, 0.6) is 0 Å². The summed E-state index contributed by atoms with van der Waals surface area (Å²) < 4.78 is 0. The fraction of sp³-hybridized carbons (Fsp3) is 0.800. The fourth-order valence-corrected chi connectivity index (χ4v) is 0.495. The van der Waals surface area contributed by atoms with E-state index in [2.05, 4.69) is 5.32 Å². The maximum absolute atomic E-state index is 9.97. The Morgan fingerprint density at radius 1 is 1.80 bits per heavy atom. The van der Waals surface area contributed by atoms with Crippen molar-refractivity contribution < 1.29 is 15.0 Å². The molecule has 0 rings (SSSR count). The molecule has 2 atom stereocenters. The molecule has 1 amide bonds. The molecule has 0 aromatic rings. The number of hydrogen-bond acceptors (Lipinski definition) is 3. The van der Waals surface area contributed by atoms with Gasteiger partial charge >= 0.3 is 6.09 Å². The van der Waals surface area contributed by atoms with Crippen LogP contribution in [0.1, 0.15) is 6.92 Å². The van der Waals surface area contributed by atoms with Gasteiger partial charge in [0.1, 0.15) is 0 Å². The van der Waals surface area contributed by atoms with Crippen molar-refractivity contribution >= 4 is 6.09 Å². The molecule has 5 nitrogen and oxygen atoms in total. The third-order valence-corrected chi connectivity index (χ3v) is 1.17. The number of amides is 1. The number of nitrogens with one attached hydrogen (secondary N) is 1. The largest absolute Gasteiger partial charge is 0.465 e. The maximum atomic E-state index is 9.97. The van der Waals surface area contributed by atoms with Gasteiger partial charge in [0.15, 0.2) is 0 Å². The van der Waals surface area contributed by atoms with Crippen molar-refractivity contribution in [3.8, 4) is 0 Å². The summed E-state index contributed by atoms with van der Waals surface area (Å²) in [4.78, 5) is 9.97. The van der Waals surface area contributed by atoms with Crippen LogP contribution in [0, 0.1) is 0 Å². The van der Waals surface area contributed by atoms with Crippen molar-refractivity contribution in [1.29, 1.82) is 0 Å². The van der Waals surface area contributed by atoms with Gasteiger partial charge in [-0.3, -0.25) is 0 Å². The molecular weight excluding hydrogens is 136 g/mol. The number of hydrogen-bond donors (Lipinski definition) is 4. The van der Waals surface area contributed by atoms with Crippen molar-refractivity contribution in [3.05, 3.63) is 0 Å². The van der Waals surface area contributed by atoms with Crippen LogP contribution in [0.15, 0.2) is 0 Å². The molecule has 5 N–H and O–H groups in total. The Bertz CT molecular complexity index is 117. The summed E-state index contributed by atoms with van der Waals surface area (Å²) in [7, 11) is 0. The Hall–Kier alpha value is -0.810. The number of rotatable bonds is 3. The summed E-state index contributed by atoms with van der Waals surface area (Å²) in [5, 5.41) is 19.2. The number of nitrogens with two attached hydrogens (primary N) is 1. The second-order valence-corrected chi connectivity index (χ2v) is 2.04. The molecule has 0 aliphatic carbocycles. The van der Waals surface area contributed by atoms with E-state index < -0.39 is 18.2 Å². The molecule has 0 heterocycles. The van der Waals surface area contributed by atoms with E-state index in [1.807, 2.05) is 0 Å². The maximum Gasteiger partial charge on any atom is 0.404 e. The smallest absolute Gasteiger partial charge is 0.404 e. The summed E-state index contributed by atoms with van der Waals surface area (Å²) in [5.74, 6) is 0. The first kappa shape index (κ1) is 9.19. The number of aliphatic hydroxyl groups is 1. The average Bonchev–Trinajstić information content (AvgIpc) is 1.85. The number of aliphatic hydroxyl groups excluding tert-OH is 1. The van der Waals surface area contributed by atoms with E-state index in [0.717, 1.165) is 0 Å². The van der Waals surface area contributed by atoms with E-state index in [9.17, 15) is 4.79 Å². The van der Waals surface area contributed by atoms with Crippen LogP contribution in [0.3, 0.4) is 0 Å². The topological polar surface area (TPSA) is 95.6 Å². The fourth-order valence-electron chi connectivity index (χ4n) is 0.495. The third-order valence-electron chi connectivity index (χ3n) is 1.17. The summed E-state index contributed by atoms with van der Waals surface area (Å²) in [6.45, 7) is 1.60. The normalized spacial score (nSPS) is 15.9. The highest BCUT2D eigenvalue weighted by molar-refractivity contribution is 5.64. The first-order valence-corrected chi connectivity index (χ1v) is 2.95. The second-order valence-electron chi connectivity index (χ2n) is 2.04. The molecule has 5 heteroatoms. The van der Waals surface area contributed by atoms with Gasteiger partial charge in [0.25, 0.3) is 0 Å². The van der Waals surface area contributed by atoms with Crippen LogP contribution in [0.2, 0.25) is 0 Å². The zero-order valence-electron chi connectivity index (χ0n) is 5.74. The van der Waals surface area contributed by atoms with Gasteiger partial charge in [-0.05, 0) is 6.92 Å². The minimum Gasteiger partial charge on any atom is -0.465 e. The van der Waals surface area contributed by atoms with E-state index in [1.165, 1.54) is 0 Å². The second kappa shape index (κ2) is 4.08. The molecule has 0 aliphatic heterocycles. The molecular formula is C5H12N2O3. The highest BCUT2D eigenvalue weighted by Crippen LogP contribution is 1.88. The molecule has 0 unspecified atom stereocenters.